The van der Waals surface area contributed by atoms with Gasteiger partial charge in [0.1, 0.15) is 5.75 Å². The zero-order valence-corrected chi connectivity index (χ0v) is 16.7. The van der Waals surface area contributed by atoms with Gasteiger partial charge in [0.25, 0.3) is 5.91 Å². The molecule has 1 aromatic heterocycles. The maximum Gasteiger partial charge on any atom is 0.254 e. The fraction of sp³-hybridized carbons (Fsp3) is 0.500. The number of pyridine rings is 1. The molecule has 146 valence electrons. The molecule has 0 atom stereocenters. The third-order valence-electron chi connectivity index (χ3n) is 7.12. The Morgan fingerprint density at radius 2 is 1.57 bits per heavy atom. The Hall–Kier alpha value is -2.36. The van der Waals surface area contributed by atoms with Gasteiger partial charge in [-0.15, -0.1) is 0 Å². The van der Waals surface area contributed by atoms with Gasteiger partial charge in [0.15, 0.2) is 0 Å². The molecule has 0 spiro atoms. The van der Waals surface area contributed by atoms with Crippen LogP contribution in [0.4, 0.5) is 0 Å². The van der Waals surface area contributed by atoms with E-state index in [2.05, 4.69) is 29.2 Å². The Kier molecular flexibility index (Phi) is 4.18. The van der Waals surface area contributed by atoms with Crippen LogP contribution >= 0.6 is 0 Å². The van der Waals surface area contributed by atoms with Gasteiger partial charge >= 0.3 is 0 Å². The first-order valence-corrected chi connectivity index (χ1v) is 10.5. The average Bonchev–Trinajstić information content (AvgIpc) is 2.67. The Bertz CT molecular complexity index is 835. The van der Waals surface area contributed by atoms with Crippen molar-refractivity contribution in [3.8, 4) is 11.6 Å². The van der Waals surface area contributed by atoms with E-state index in [-0.39, 0.29) is 5.91 Å². The minimum atomic E-state index is -0.0565. The molecule has 0 saturated heterocycles. The van der Waals surface area contributed by atoms with Gasteiger partial charge in [0, 0.05) is 26.4 Å². The highest BCUT2D eigenvalue weighted by Crippen LogP contribution is 2.60. The molecule has 2 aromatic rings. The Balaban J connectivity index is 1.30. The second-order valence-electron chi connectivity index (χ2n) is 9.41. The van der Waals surface area contributed by atoms with Crippen molar-refractivity contribution in [2.75, 3.05) is 14.1 Å². The Morgan fingerprint density at radius 3 is 2.07 bits per heavy atom. The third kappa shape index (κ3) is 3.09. The number of nitrogens with zero attached hydrogens (tertiary/aromatic N) is 2. The molecule has 1 heterocycles. The molecule has 4 saturated carbocycles. The molecule has 6 rings (SSSR count). The molecule has 0 radical (unpaired) electrons. The summed E-state index contributed by atoms with van der Waals surface area (Å²) in [4.78, 5) is 17.8. The maximum atomic E-state index is 12.0. The first-order valence-electron chi connectivity index (χ1n) is 10.5. The van der Waals surface area contributed by atoms with E-state index in [9.17, 15) is 4.79 Å². The van der Waals surface area contributed by atoms with Crippen molar-refractivity contribution in [1.29, 1.82) is 0 Å². The molecule has 4 aliphatic carbocycles. The summed E-state index contributed by atoms with van der Waals surface area (Å²) in [6.07, 6.45) is 10.1. The van der Waals surface area contributed by atoms with Crippen LogP contribution in [0.15, 0.2) is 42.6 Å². The van der Waals surface area contributed by atoms with E-state index in [0.717, 1.165) is 23.5 Å². The lowest BCUT2D eigenvalue weighted by molar-refractivity contribution is -0.00520. The standard InChI is InChI=1S/C24H28N2O2/c1-26(2)23(27)19-3-8-22(25-15-19)28-21-6-4-20(5-7-21)24-12-16-9-17(13-24)11-18(10-16)14-24/h3-8,15-18H,9-14H2,1-2H3. The molecular formula is C24H28N2O2. The number of hydrogen-bond acceptors (Lipinski definition) is 3. The van der Waals surface area contributed by atoms with E-state index in [1.165, 1.54) is 44.1 Å². The molecule has 4 bridgehead atoms. The normalized spacial score (nSPS) is 30.3. The minimum absolute atomic E-state index is 0.0565. The molecule has 4 aliphatic rings. The molecule has 1 amide bonds. The van der Waals surface area contributed by atoms with E-state index in [1.807, 2.05) is 0 Å². The number of carbonyl (C=O) groups excluding carboxylic acids is 1. The molecule has 4 fully saturated rings. The summed E-state index contributed by atoms with van der Waals surface area (Å²) in [5, 5.41) is 0. The van der Waals surface area contributed by atoms with E-state index >= 15 is 0 Å². The highest BCUT2D eigenvalue weighted by atomic mass is 16.5. The molecule has 0 aliphatic heterocycles. The largest absolute Gasteiger partial charge is 0.439 e. The van der Waals surface area contributed by atoms with Gasteiger partial charge in [-0.3, -0.25) is 4.79 Å². The summed E-state index contributed by atoms with van der Waals surface area (Å²) >= 11 is 0. The lowest BCUT2D eigenvalue weighted by atomic mass is 9.48. The fourth-order valence-corrected chi connectivity index (χ4v) is 6.29. The molecule has 4 nitrogen and oxygen atoms in total. The molecule has 4 heteroatoms. The monoisotopic (exact) mass is 376 g/mol. The van der Waals surface area contributed by atoms with Crippen molar-refractivity contribution < 1.29 is 9.53 Å². The highest BCUT2D eigenvalue weighted by Gasteiger charge is 2.51. The number of hydrogen-bond donors (Lipinski definition) is 0. The van der Waals surface area contributed by atoms with Crippen LogP contribution in [0.2, 0.25) is 0 Å². The van der Waals surface area contributed by atoms with Crippen molar-refractivity contribution in [2.45, 2.75) is 43.9 Å². The van der Waals surface area contributed by atoms with Crippen molar-refractivity contribution >= 4 is 5.91 Å². The minimum Gasteiger partial charge on any atom is -0.439 e. The summed E-state index contributed by atoms with van der Waals surface area (Å²) < 4.78 is 5.91. The van der Waals surface area contributed by atoms with Crippen molar-refractivity contribution in [3.63, 3.8) is 0 Å². The zero-order chi connectivity index (χ0) is 19.3. The van der Waals surface area contributed by atoms with Crippen LogP contribution in [-0.4, -0.2) is 29.9 Å². The van der Waals surface area contributed by atoms with E-state index in [4.69, 9.17) is 4.74 Å². The average molecular weight is 377 g/mol. The first kappa shape index (κ1) is 17.7. The van der Waals surface area contributed by atoms with E-state index in [1.54, 1.807) is 37.3 Å². The van der Waals surface area contributed by atoms with Crippen LogP contribution in [0.1, 0.15) is 54.4 Å². The lowest BCUT2D eigenvalue weighted by Gasteiger charge is -2.57. The predicted molar refractivity (Wildman–Crippen MR) is 109 cm³/mol. The molecule has 1 aromatic carbocycles. The summed E-state index contributed by atoms with van der Waals surface area (Å²) in [6, 6.07) is 12.2. The quantitative estimate of drug-likeness (QED) is 0.750. The first-order chi connectivity index (χ1) is 13.5. The van der Waals surface area contributed by atoms with Crippen LogP contribution in [0.3, 0.4) is 0 Å². The number of benzene rings is 1. The molecule has 28 heavy (non-hydrogen) atoms. The third-order valence-corrected chi connectivity index (χ3v) is 7.12. The summed E-state index contributed by atoms with van der Waals surface area (Å²) in [5.41, 5.74) is 2.48. The van der Waals surface area contributed by atoms with Crippen LogP contribution in [0.25, 0.3) is 0 Å². The van der Waals surface area contributed by atoms with Crippen molar-refractivity contribution in [2.24, 2.45) is 17.8 Å². The second kappa shape index (κ2) is 6.61. The molecular weight excluding hydrogens is 348 g/mol. The lowest BCUT2D eigenvalue weighted by Crippen LogP contribution is -2.48. The van der Waals surface area contributed by atoms with Crippen molar-refractivity contribution in [3.05, 3.63) is 53.7 Å². The van der Waals surface area contributed by atoms with Gasteiger partial charge in [0.05, 0.1) is 5.56 Å². The summed E-state index contributed by atoms with van der Waals surface area (Å²) in [6.45, 7) is 0. The van der Waals surface area contributed by atoms with E-state index < -0.39 is 0 Å². The maximum absolute atomic E-state index is 12.0. The highest BCUT2D eigenvalue weighted by molar-refractivity contribution is 5.93. The van der Waals surface area contributed by atoms with Gasteiger partial charge in [-0.25, -0.2) is 4.98 Å². The zero-order valence-electron chi connectivity index (χ0n) is 16.7. The number of amides is 1. The Labute approximate surface area is 166 Å². The number of rotatable bonds is 4. The van der Waals surface area contributed by atoms with Gasteiger partial charge in [-0.2, -0.15) is 0 Å². The number of ether oxygens (including phenoxy) is 1. The number of aromatic nitrogens is 1. The SMILES string of the molecule is CN(C)C(=O)c1ccc(Oc2ccc(C34CC5CC(CC(C5)C3)C4)cc2)nc1. The van der Waals surface area contributed by atoms with Gasteiger partial charge in [0.2, 0.25) is 5.88 Å². The van der Waals surface area contributed by atoms with Crippen molar-refractivity contribution in [1.82, 2.24) is 9.88 Å². The molecule has 0 N–H and O–H groups in total. The van der Waals surface area contributed by atoms with Gasteiger partial charge in [-0.1, -0.05) is 12.1 Å². The summed E-state index contributed by atoms with van der Waals surface area (Å²) in [5.74, 6) is 4.11. The van der Waals surface area contributed by atoms with E-state index in [0.29, 0.717) is 16.9 Å². The van der Waals surface area contributed by atoms with Gasteiger partial charge in [-0.05, 0) is 85.5 Å². The predicted octanol–water partition coefficient (Wildman–Crippen LogP) is 5.04. The van der Waals surface area contributed by atoms with Crippen LogP contribution in [0.5, 0.6) is 11.6 Å². The topological polar surface area (TPSA) is 42.4 Å². The fourth-order valence-electron chi connectivity index (χ4n) is 6.29. The molecule has 0 unspecified atom stereocenters. The van der Waals surface area contributed by atoms with Gasteiger partial charge < -0.3 is 9.64 Å². The second-order valence-corrected chi connectivity index (χ2v) is 9.41. The number of carbonyl (C=O) groups is 1. The van der Waals surface area contributed by atoms with Crippen LogP contribution in [0, 0.1) is 17.8 Å². The van der Waals surface area contributed by atoms with Crippen LogP contribution < -0.4 is 4.74 Å². The van der Waals surface area contributed by atoms with Crippen LogP contribution in [-0.2, 0) is 5.41 Å². The Morgan fingerprint density at radius 1 is 0.964 bits per heavy atom. The summed E-state index contributed by atoms with van der Waals surface area (Å²) in [7, 11) is 3.47. The smallest absolute Gasteiger partial charge is 0.254 e.